The Bertz CT molecular complexity index is 949. The van der Waals surface area contributed by atoms with Gasteiger partial charge in [-0.3, -0.25) is 14.4 Å². The first-order chi connectivity index (χ1) is 30.3. The van der Waals surface area contributed by atoms with Crippen molar-refractivity contribution in [3.05, 3.63) is 0 Å². The average molecular weight is 877 g/mol. The van der Waals surface area contributed by atoms with Gasteiger partial charge in [0.2, 0.25) is 0 Å². The molecule has 0 aliphatic rings. The number of esters is 3. The topological polar surface area (TPSA) is 78.9 Å². The van der Waals surface area contributed by atoms with E-state index in [1.807, 2.05) is 0 Å². The summed E-state index contributed by atoms with van der Waals surface area (Å²) in [6.45, 7) is 11.4. The minimum absolute atomic E-state index is 0.0639. The van der Waals surface area contributed by atoms with E-state index in [0.29, 0.717) is 19.3 Å². The molecule has 368 valence electrons. The van der Waals surface area contributed by atoms with Gasteiger partial charge >= 0.3 is 17.9 Å². The Labute approximate surface area is 387 Å². The Kier molecular flexibility index (Phi) is 47.6. The van der Waals surface area contributed by atoms with Gasteiger partial charge in [-0.25, -0.2) is 0 Å². The summed E-state index contributed by atoms with van der Waals surface area (Å²) in [5.74, 6) is 0.827. The van der Waals surface area contributed by atoms with Crippen molar-refractivity contribution in [3.63, 3.8) is 0 Å². The molecule has 0 saturated carbocycles. The first-order valence-corrected chi connectivity index (χ1v) is 27.8. The highest BCUT2D eigenvalue weighted by Crippen LogP contribution is 2.18. The lowest BCUT2D eigenvalue weighted by molar-refractivity contribution is -0.167. The fourth-order valence-electron chi connectivity index (χ4n) is 8.49. The van der Waals surface area contributed by atoms with E-state index in [4.69, 9.17) is 14.2 Å². The first-order valence-electron chi connectivity index (χ1n) is 27.8. The van der Waals surface area contributed by atoms with Crippen molar-refractivity contribution in [2.45, 2.75) is 317 Å². The predicted octanol–water partition coefficient (Wildman–Crippen LogP) is 18.1. The maximum atomic E-state index is 12.8. The summed E-state index contributed by atoms with van der Waals surface area (Å²) in [4.78, 5) is 38.0. The van der Waals surface area contributed by atoms with Crippen LogP contribution in [-0.4, -0.2) is 37.2 Å². The van der Waals surface area contributed by atoms with Crippen molar-refractivity contribution in [3.8, 4) is 0 Å². The van der Waals surface area contributed by atoms with Crippen molar-refractivity contribution in [1.82, 2.24) is 0 Å². The van der Waals surface area contributed by atoms with Crippen molar-refractivity contribution in [1.29, 1.82) is 0 Å². The molecule has 6 nitrogen and oxygen atoms in total. The van der Waals surface area contributed by atoms with Gasteiger partial charge in [0.25, 0.3) is 0 Å². The van der Waals surface area contributed by atoms with Crippen molar-refractivity contribution in [2.24, 2.45) is 11.8 Å². The smallest absolute Gasteiger partial charge is 0.306 e. The molecule has 0 spiro atoms. The highest BCUT2D eigenvalue weighted by Gasteiger charge is 2.19. The predicted molar refractivity (Wildman–Crippen MR) is 266 cm³/mol. The van der Waals surface area contributed by atoms with Gasteiger partial charge in [0, 0.05) is 19.3 Å². The molecule has 0 saturated heterocycles. The van der Waals surface area contributed by atoms with E-state index in [2.05, 4.69) is 34.6 Å². The Morgan fingerprint density at radius 2 is 0.613 bits per heavy atom. The average Bonchev–Trinajstić information content (AvgIpc) is 3.26. The molecule has 0 heterocycles. The van der Waals surface area contributed by atoms with Crippen LogP contribution in [0.4, 0.5) is 0 Å². The van der Waals surface area contributed by atoms with Gasteiger partial charge in [0.1, 0.15) is 13.2 Å². The molecule has 6 heteroatoms. The van der Waals surface area contributed by atoms with Gasteiger partial charge in [-0.1, -0.05) is 272 Å². The van der Waals surface area contributed by atoms with E-state index in [1.54, 1.807) is 0 Å². The van der Waals surface area contributed by atoms with E-state index in [9.17, 15) is 14.4 Å². The minimum Gasteiger partial charge on any atom is -0.462 e. The molecule has 0 aliphatic heterocycles. The summed E-state index contributed by atoms with van der Waals surface area (Å²) in [6.07, 6.45) is 50.9. The molecule has 0 fully saturated rings. The van der Waals surface area contributed by atoms with Gasteiger partial charge in [-0.2, -0.15) is 0 Å². The van der Waals surface area contributed by atoms with Crippen LogP contribution in [0.2, 0.25) is 0 Å². The second-order valence-electron chi connectivity index (χ2n) is 19.9. The number of ether oxygens (including phenoxy) is 3. The summed E-state index contributed by atoms with van der Waals surface area (Å²) in [5, 5.41) is 0. The molecule has 2 atom stereocenters. The lowest BCUT2D eigenvalue weighted by Crippen LogP contribution is -2.30. The van der Waals surface area contributed by atoms with E-state index in [1.165, 1.54) is 199 Å². The van der Waals surface area contributed by atoms with Crippen LogP contribution in [0.25, 0.3) is 0 Å². The monoisotopic (exact) mass is 877 g/mol. The molecule has 0 aromatic carbocycles. The summed E-state index contributed by atoms with van der Waals surface area (Å²) < 4.78 is 16.8. The van der Waals surface area contributed by atoms with Gasteiger partial charge in [0.15, 0.2) is 6.10 Å². The lowest BCUT2D eigenvalue weighted by atomic mass is 9.99. The molecule has 0 aliphatic carbocycles. The Morgan fingerprint density at radius 1 is 0.339 bits per heavy atom. The molecule has 0 radical (unpaired) electrons. The third kappa shape index (κ3) is 47.9. The fraction of sp³-hybridized carbons (Fsp3) is 0.946. The zero-order chi connectivity index (χ0) is 45.4. The number of rotatable bonds is 50. The largest absolute Gasteiger partial charge is 0.462 e. The Balaban J connectivity index is 4.24. The van der Waals surface area contributed by atoms with Crippen LogP contribution in [0.3, 0.4) is 0 Å². The molecule has 1 unspecified atom stereocenters. The molecule has 62 heavy (non-hydrogen) atoms. The second kappa shape index (κ2) is 48.9. The van der Waals surface area contributed by atoms with Gasteiger partial charge in [-0.05, 0) is 31.1 Å². The SMILES string of the molecule is CCCCCCCCCCCCCCCCCCC(=O)OC[C@@H](COC(=O)CCCCCCCCCCCCCCCCC(C)CC)OC(=O)CCCCCCCCCC(C)C. The van der Waals surface area contributed by atoms with Gasteiger partial charge in [-0.15, -0.1) is 0 Å². The number of unbranched alkanes of at least 4 members (excludes halogenated alkanes) is 34. The van der Waals surface area contributed by atoms with Crippen LogP contribution in [0.1, 0.15) is 311 Å². The molecular formula is C56H108O6. The van der Waals surface area contributed by atoms with Gasteiger partial charge < -0.3 is 14.2 Å². The second-order valence-corrected chi connectivity index (χ2v) is 19.9. The van der Waals surface area contributed by atoms with Crippen LogP contribution < -0.4 is 0 Å². The van der Waals surface area contributed by atoms with E-state index in [0.717, 1.165) is 69.6 Å². The molecule has 0 rings (SSSR count). The van der Waals surface area contributed by atoms with Crippen LogP contribution in [0.15, 0.2) is 0 Å². The molecule has 0 N–H and O–H groups in total. The van der Waals surface area contributed by atoms with Crippen molar-refractivity contribution < 1.29 is 28.6 Å². The Hall–Kier alpha value is -1.59. The summed E-state index contributed by atoms with van der Waals surface area (Å²) in [5.41, 5.74) is 0. The van der Waals surface area contributed by atoms with Crippen LogP contribution in [0, 0.1) is 11.8 Å². The molecule has 0 amide bonds. The molecular weight excluding hydrogens is 769 g/mol. The maximum Gasteiger partial charge on any atom is 0.306 e. The van der Waals surface area contributed by atoms with E-state index < -0.39 is 6.10 Å². The van der Waals surface area contributed by atoms with E-state index >= 15 is 0 Å². The van der Waals surface area contributed by atoms with E-state index in [-0.39, 0.29) is 31.1 Å². The van der Waals surface area contributed by atoms with Crippen LogP contribution in [-0.2, 0) is 28.6 Å². The highest BCUT2D eigenvalue weighted by atomic mass is 16.6. The standard InChI is InChI=1S/C56H108O6/c1-6-8-9-10-11-12-13-14-15-16-20-23-26-31-36-41-46-54(57)60-49-53(62-56(59)48-43-38-33-28-29-34-39-44-51(3)4)50-61-55(58)47-42-37-32-27-24-21-18-17-19-22-25-30-35-40-45-52(5)7-2/h51-53H,6-50H2,1-5H3/t52?,53-/m0/s1. The highest BCUT2D eigenvalue weighted by molar-refractivity contribution is 5.71. The normalized spacial score (nSPS) is 12.5. The number of carbonyl (C=O) groups is 3. The van der Waals surface area contributed by atoms with Crippen LogP contribution in [0.5, 0.6) is 0 Å². The molecule has 0 aromatic heterocycles. The lowest BCUT2D eigenvalue weighted by Gasteiger charge is -2.18. The zero-order valence-electron chi connectivity index (χ0n) is 42.5. The zero-order valence-corrected chi connectivity index (χ0v) is 42.5. The molecule has 0 aromatic rings. The van der Waals surface area contributed by atoms with Crippen molar-refractivity contribution in [2.75, 3.05) is 13.2 Å². The maximum absolute atomic E-state index is 12.8. The summed E-state index contributed by atoms with van der Waals surface area (Å²) in [6, 6.07) is 0. The van der Waals surface area contributed by atoms with Gasteiger partial charge in [0.05, 0.1) is 0 Å². The van der Waals surface area contributed by atoms with Crippen molar-refractivity contribution >= 4 is 17.9 Å². The minimum atomic E-state index is -0.762. The quantitative estimate of drug-likeness (QED) is 0.0344. The van der Waals surface area contributed by atoms with Crippen LogP contribution >= 0.6 is 0 Å². The molecule has 0 bridgehead atoms. The number of hydrogen-bond donors (Lipinski definition) is 0. The number of hydrogen-bond acceptors (Lipinski definition) is 6. The third-order valence-corrected chi connectivity index (χ3v) is 13.1. The third-order valence-electron chi connectivity index (χ3n) is 13.1. The fourth-order valence-corrected chi connectivity index (χ4v) is 8.49. The summed E-state index contributed by atoms with van der Waals surface area (Å²) >= 11 is 0. The first kappa shape index (κ1) is 60.4. The summed E-state index contributed by atoms with van der Waals surface area (Å²) in [7, 11) is 0. The Morgan fingerprint density at radius 3 is 0.919 bits per heavy atom. The number of carbonyl (C=O) groups excluding carboxylic acids is 3.